The van der Waals surface area contributed by atoms with E-state index in [1.165, 1.54) is 6.07 Å². The Labute approximate surface area is 142 Å². The molecule has 130 valence electrons. The molecule has 0 aliphatic heterocycles. The maximum atomic E-state index is 13.9. The number of aliphatic hydroxyl groups excluding tert-OH is 1. The molecule has 0 saturated heterocycles. The smallest absolute Gasteiger partial charge is 0.128 e. The Kier molecular flexibility index (Phi) is 7.18. The van der Waals surface area contributed by atoms with E-state index in [-0.39, 0.29) is 5.82 Å². The maximum Gasteiger partial charge on any atom is 0.128 e. The van der Waals surface area contributed by atoms with Gasteiger partial charge in [-0.2, -0.15) is 0 Å². The molecule has 1 atom stereocenters. The van der Waals surface area contributed by atoms with Gasteiger partial charge in [0, 0.05) is 44.2 Å². The molecule has 1 unspecified atom stereocenters. The van der Waals surface area contributed by atoms with E-state index in [2.05, 4.69) is 11.5 Å². The number of hydrogen-bond donors (Lipinski definition) is 1. The molecule has 2 aromatic rings. The molecule has 0 radical (unpaired) electrons. The molecule has 24 heavy (non-hydrogen) atoms. The number of aromatic nitrogens is 1. The van der Waals surface area contributed by atoms with Crippen LogP contribution in [-0.2, 0) is 17.8 Å². The number of rotatable bonds is 10. The minimum atomic E-state index is -0.551. The van der Waals surface area contributed by atoms with E-state index in [1.54, 1.807) is 19.2 Å². The van der Waals surface area contributed by atoms with E-state index in [0.717, 1.165) is 5.69 Å². The van der Waals surface area contributed by atoms with Gasteiger partial charge in [0.1, 0.15) is 5.82 Å². The number of aliphatic hydroxyl groups is 1. The number of ether oxygens (including phenoxy) is 1. The molecule has 0 aliphatic rings. The minimum absolute atomic E-state index is 0.199. The number of methoxy groups -OCH3 is 1. The van der Waals surface area contributed by atoms with Crippen molar-refractivity contribution in [1.82, 2.24) is 9.47 Å². The van der Waals surface area contributed by atoms with Crippen LogP contribution in [0.2, 0.25) is 0 Å². The van der Waals surface area contributed by atoms with E-state index >= 15 is 0 Å². The molecule has 0 spiro atoms. The highest BCUT2D eigenvalue weighted by Gasteiger charge is 2.13. The Morgan fingerprint density at radius 3 is 2.83 bits per heavy atom. The highest BCUT2D eigenvalue weighted by molar-refractivity contribution is 5.19. The van der Waals surface area contributed by atoms with Gasteiger partial charge in [-0.1, -0.05) is 24.3 Å². The molecular formula is C19H25FN2O2. The van der Waals surface area contributed by atoms with Gasteiger partial charge >= 0.3 is 0 Å². The summed E-state index contributed by atoms with van der Waals surface area (Å²) in [5.41, 5.74) is 1.72. The molecule has 1 aromatic heterocycles. The summed E-state index contributed by atoms with van der Waals surface area (Å²) in [5.74, 6) is -0.199. The Morgan fingerprint density at radius 1 is 1.33 bits per heavy atom. The standard InChI is InChI=1S/C19H25FN2O2/c1-3-10-21(14-18(23)15-24-2)13-17-8-6-11-22(17)12-16-7-4-5-9-19(16)20/h3-9,11,18,23H,1,10,12-15H2,2H3. The summed E-state index contributed by atoms with van der Waals surface area (Å²) in [6, 6.07) is 10.8. The van der Waals surface area contributed by atoms with Crippen LogP contribution >= 0.6 is 0 Å². The van der Waals surface area contributed by atoms with Gasteiger partial charge in [0.2, 0.25) is 0 Å². The van der Waals surface area contributed by atoms with E-state index in [0.29, 0.717) is 38.3 Å². The highest BCUT2D eigenvalue weighted by Crippen LogP contribution is 2.13. The van der Waals surface area contributed by atoms with Crippen LogP contribution in [0, 0.1) is 5.82 Å². The molecule has 1 heterocycles. The summed E-state index contributed by atoms with van der Waals surface area (Å²) in [4.78, 5) is 2.09. The fourth-order valence-electron chi connectivity index (χ4n) is 2.72. The Balaban J connectivity index is 2.07. The van der Waals surface area contributed by atoms with Gasteiger partial charge in [-0.05, 0) is 18.2 Å². The summed E-state index contributed by atoms with van der Waals surface area (Å²) in [5, 5.41) is 9.96. The Bertz CT molecular complexity index is 642. The molecule has 0 amide bonds. The fourth-order valence-corrected chi connectivity index (χ4v) is 2.72. The number of nitrogens with zero attached hydrogens (tertiary/aromatic N) is 2. The third-order valence-corrected chi connectivity index (χ3v) is 3.82. The van der Waals surface area contributed by atoms with Crippen molar-refractivity contribution in [2.75, 3.05) is 26.8 Å². The van der Waals surface area contributed by atoms with Crippen molar-refractivity contribution in [3.8, 4) is 0 Å². The van der Waals surface area contributed by atoms with Gasteiger partial charge in [0.15, 0.2) is 0 Å². The molecule has 4 nitrogen and oxygen atoms in total. The molecule has 0 saturated carbocycles. The van der Waals surface area contributed by atoms with Gasteiger partial charge in [-0.3, -0.25) is 4.90 Å². The lowest BCUT2D eigenvalue weighted by Gasteiger charge is -2.24. The summed E-state index contributed by atoms with van der Waals surface area (Å²) in [7, 11) is 1.57. The molecule has 1 aromatic carbocycles. The van der Waals surface area contributed by atoms with Crippen LogP contribution in [0.25, 0.3) is 0 Å². The second kappa shape index (κ2) is 9.37. The summed E-state index contributed by atoms with van der Waals surface area (Å²) in [6.45, 7) is 6.35. The van der Waals surface area contributed by atoms with Crippen molar-refractivity contribution in [3.63, 3.8) is 0 Å². The molecule has 1 N–H and O–H groups in total. The average molecular weight is 332 g/mol. The first-order valence-electron chi connectivity index (χ1n) is 8.01. The first kappa shape index (κ1) is 18.4. The monoisotopic (exact) mass is 332 g/mol. The quantitative estimate of drug-likeness (QED) is 0.680. The summed E-state index contributed by atoms with van der Waals surface area (Å²) < 4.78 is 20.9. The predicted octanol–water partition coefficient (Wildman–Crippen LogP) is 2.67. The predicted molar refractivity (Wildman–Crippen MR) is 93.3 cm³/mol. The summed E-state index contributed by atoms with van der Waals surface area (Å²) in [6.07, 6.45) is 3.20. The van der Waals surface area contributed by atoms with Crippen molar-refractivity contribution >= 4 is 0 Å². The minimum Gasteiger partial charge on any atom is -0.389 e. The topological polar surface area (TPSA) is 37.6 Å². The van der Waals surface area contributed by atoms with Crippen molar-refractivity contribution < 1.29 is 14.2 Å². The second-order valence-corrected chi connectivity index (χ2v) is 5.81. The van der Waals surface area contributed by atoms with Crippen molar-refractivity contribution in [3.05, 3.63) is 72.3 Å². The van der Waals surface area contributed by atoms with Crippen LogP contribution in [-0.4, -0.2) is 47.5 Å². The normalized spacial score (nSPS) is 12.5. The zero-order chi connectivity index (χ0) is 17.4. The molecular weight excluding hydrogens is 307 g/mol. The maximum absolute atomic E-state index is 13.9. The molecule has 2 rings (SSSR count). The SMILES string of the molecule is C=CCN(Cc1cccn1Cc1ccccc1F)CC(O)COC. The average Bonchev–Trinajstić information content (AvgIpc) is 2.97. The van der Waals surface area contributed by atoms with Crippen molar-refractivity contribution in [2.45, 2.75) is 19.2 Å². The zero-order valence-corrected chi connectivity index (χ0v) is 14.1. The number of benzene rings is 1. The summed E-state index contributed by atoms with van der Waals surface area (Å²) >= 11 is 0. The van der Waals surface area contributed by atoms with Crippen LogP contribution < -0.4 is 0 Å². The number of halogens is 1. The van der Waals surface area contributed by atoms with E-state index in [4.69, 9.17) is 4.74 Å². The lowest BCUT2D eigenvalue weighted by molar-refractivity contribution is 0.0381. The molecule has 0 bridgehead atoms. The van der Waals surface area contributed by atoms with E-state index in [9.17, 15) is 9.50 Å². The van der Waals surface area contributed by atoms with Crippen LogP contribution in [0.3, 0.4) is 0 Å². The van der Waals surface area contributed by atoms with Crippen LogP contribution in [0.15, 0.2) is 55.3 Å². The third kappa shape index (κ3) is 5.30. The highest BCUT2D eigenvalue weighted by atomic mass is 19.1. The van der Waals surface area contributed by atoms with Crippen LogP contribution in [0.4, 0.5) is 4.39 Å². The zero-order valence-electron chi connectivity index (χ0n) is 14.1. The first-order chi connectivity index (χ1) is 11.6. The van der Waals surface area contributed by atoms with Crippen LogP contribution in [0.1, 0.15) is 11.3 Å². The lowest BCUT2D eigenvalue weighted by atomic mass is 10.2. The fraction of sp³-hybridized carbons (Fsp3) is 0.368. The Hall–Kier alpha value is -1.95. The van der Waals surface area contributed by atoms with Crippen LogP contribution in [0.5, 0.6) is 0 Å². The number of hydrogen-bond acceptors (Lipinski definition) is 3. The van der Waals surface area contributed by atoms with Gasteiger partial charge in [-0.15, -0.1) is 6.58 Å². The molecule has 0 fully saturated rings. The molecule has 0 aliphatic carbocycles. The van der Waals surface area contributed by atoms with E-state index < -0.39 is 6.10 Å². The van der Waals surface area contributed by atoms with Gasteiger partial charge in [0.05, 0.1) is 19.3 Å². The third-order valence-electron chi connectivity index (χ3n) is 3.82. The van der Waals surface area contributed by atoms with Crippen molar-refractivity contribution in [1.29, 1.82) is 0 Å². The lowest BCUT2D eigenvalue weighted by Crippen LogP contribution is -2.35. The molecule has 5 heteroatoms. The first-order valence-corrected chi connectivity index (χ1v) is 8.01. The van der Waals surface area contributed by atoms with Gasteiger partial charge in [-0.25, -0.2) is 4.39 Å². The van der Waals surface area contributed by atoms with Gasteiger partial charge < -0.3 is 14.4 Å². The Morgan fingerprint density at radius 2 is 2.12 bits per heavy atom. The van der Waals surface area contributed by atoms with Crippen molar-refractivity contribution in [2.24, 2.45) is 0 Å². The van der Waals surface area contributed by atoms with E-state index in [1.807, 2.05) is 35.0 Å². The second-order valence-electron chi connectivity index (χ2n) is 5.81. The largest absolute Gasteiger partial charge is 0.389 e. The van der Waals surface area contributed by atoms with Gasteiger partial charge in [0.25, 0.3) is 0 Å².